The van der Waals surface area contributed by atoms with Crippen LogP contribution in [0.2, 0.25) is 0 Å². The zero-order valence-corrected chi connectivity index (χ0v) is 20.7. The van der Waals surface area contributed by atoms with Gasteiger partial charge in [0, 0.05) is 25.0 Å². The number of benzene rings is 2. The average Bonchev–Trinajstić information content (AvgIpc) is 2.94. The van der Waals surface area contributed by atoms with Crippen molar-refractivity contribution in [1.29, 1.82) is 0 Å². The minimum atomic E-state index is -4.63. The van der Waals surface area contributed by atoms with E-state index in [0.29, 0.717) is 15.9 Å². The third-order valence-corrected chi connectivity index (χ3v) is 5.66. The zero-order valence-electron chi connectivity index (χ0n) is 20.7. The molecule has 1 amide bonds. The lowest BCUT2D eigenvalue weighted by Crippen LogP contribution is -2.46. The molecule has 0 saturated heterocycles. The Bertz CT molecular complexity index is 1620. The van der Waals surface area contributed by atoms with Crippen LogP contribution in [0.4, 0.5) is 13.2 Å². The van der Waals surface area contributed by atoms with Gasteiger partial charge >= 0.3 is 11.9 Å². The summed E-state index contributed by atoms with van der Waals surface area (Å²) >= 11 is 0. The summed E-state index contributed by atoms with van der Waals surface area (Å²) in [6, 6.07) is 11.9. The molecule has 13 heteroatoms. The van der Waals surface area contributed by atoms with Gasteiger partial charge in [0.05, 0.1) is 32.0 Å². The summed E-state index contributed by atoms with van der Waals surface area (Å²) in [6.07, 6.45) is -1.56. The lowest BCUT2D eigenvalue weighted by molar-refractivity contribution is -0.137. The van der Waals surface area contributed by atoms with Crippen LogP contribution in [0.15, 0.2) is 76.6 Å². The van der Waals surface area contributed by atoms with E-state index in [1.165, 1.54) is 50.7 Å². The minimum Gasteiger partial charge on any atom is -0.493 e. The van der Waals surface area contributed by atoms with Crippen molar-refractivity contribution in [3.05, 3.63) is 110 Å². The quantitative estimate of drug-likeness (QED) is 0.365. The Morgan fingerprint density at radius 3 is 2.38 bits per heavy atom. The molecule has 0 aliphatic heterocycles. The minimum absolute atomic E-state index is 0.0108. The molecule has 0 saturated carbocycles. The molecule has 0 fully saturated rings. The number of hydrogen-bond acceptors (Lipinski definition) is 7. The monoisotopic (exact) mass is 541 g/mol. The van der Waals surface area contributed by atoms with Crippen LogP contribution < -0.4 is 26.0 Å². The summed E-state index contributed by atoms with van der Waals surface area (Å²) in [4.78, 5) is 43.7. The van der Waals surface area contributed by atoms with Gasteiger partial charge < -0.3 is 14.8 Å². The highest BCUT2D eigenvalue weighted by Gasteiger charge is 2.30. The first-order valence-corrected chi connectivity index (χ1v) is 11.4. The normalized spacial score (nSPS) is 11.2. The van der Waals surface area contributed by atoms with Gasteiger partial charge in [-0.2, -0.15) is 23.0 Å². The molecular weight excluding hydrogens is 519 g/mol. The van der Waals surface area contributed by atoms with Crippen LogP contribution in [-0.4, -0.2) is 39.5 Å². The van der Waals surface area contributed by atoms with Crippen molar-refractivity contribution in [3.8, 4) is 17.2 Å². The van der Waals surface area contributed by atoms with E-state index in [9.17, 15) is 27.6 Å². The molecular formula is C26H22F3N5O5. The van der Waals surface area contributed by atoms with Gasteiger partial charge in [0.15, 0.2) is 11.5 Å². The summed E-state index contributed by atoms with van der Waals surface area (Å²) in [5, 5.41) is 6.56. The maximum absolute atomic E-state index is 13.4. The van der Waals surface area contributed by atoms with E-state index < -0.39 is 41.1 Å². The highest BCUT2D eigenvalue weighted by atomic mass is 19.4. The Balaban J connectivity index is 1.83. The first-order valence-electron chi connectivity index (χ1n) is 11.4. The molecule has 0 unspecified atom stereocenters. The Morgan fingerprint density at radius 2 is 1.72 bits per heavy atom. The van der Waals surface area contributed by atoms with E-state index in [2.05, 4.69) is 15.4 Å². The Morgan fingerprint density at radius 1 is 0.974 bits per heavy atom. The van der Waals surface area contributed by atoms with Gasteiger partial charge in [-0.3, -0.25) is 19.1 Å². The van der Waals surface area contributed by atoms with E-state index in [1.807, 2.05) is 0 Å². The molecule has 10 nitrogen and oxygen atoms in total. The number of rotatable bonds is 8. The number of pyridine rings is 1. The van der Waals surface area contributed by atoms with Gasteiger partial charge in [-0.1, -0.05) is 18.2 Å². The fraction of sp³-hybridized carbons (Fsp3) is 0.192. The van der Waals surface area contributed by atoms with E-state index in [1.54, 1.807) is 18.3 Å². The van der Waals surface area contributed by atoms with Crippen molar-refractivity contribution in [3.63, 3.8) is 0 Å². The Kier molecular flexibility index (Phi) is 7.79. The van der Waals surface area contributed by atoms with E-state index in [4.69, 9.17) is 9.47 Å². The van der Waals surface area contributed by atoms with Gasteiger partial charge in [-0.25, -0.2) is 4.79 Å². The number of nitrogens with zero attached hydrogens (tertiary/aromatic N) is 4. The molecule has 0 bridgehead atoms. The van der Waals surface area contributed by atoms with Crippen LogP contribution >= 0.6 is 0 Å². The van der Waals surface area contributed by atoms with E-state index >= 15 is 0 Å². The predicted octanol–water partition coefficient (Wildman–Crippen LogP) is 2.80. The van der Waals surface area contributed by atoms with Crippen molar-refractivity contribution < 1.29 is 27.4 Å². The number of nitrogens with one attached hydrogen (secondary N) is 1. The smallest absolute Gasteiger partial charge is 0.416 e. The molecule has 0 aliphatic rings. The lowest BCUT2D eigenvalue weighted by atomic mass is 10.1. The van der Waals surface area contributed by atoms with E-state index in [-0.39, 0.29) is 23.5 Å². The molecule has 4 aromatic rings. The van der Waals surface area contributed by atoms with Crippen LogP contribution in [-0.2, 0) is 19.3 Å². The average molecular weight is 541 g/mol. The largest absolute Gasteiger partial charge is 0.493 e. The predicted molar refractivity (Wildman–Crippen MR) is 133 cm³/mol. The fourth-order valence-electron chi connectivity index (χ4n) is 3.72. The number of ether oxygens (including phenoxy) is 2. The molecule has 0 radical (unpaired) electrons. The number of carbonyl (C=O) groups excluding carboxylic acids is 1. The third-order valence-electron chi connectivity index (χ3n) is 5.66. The fourth-order valence-corrected chi connectivity index (χ4v) is 3.72. The van der Waals surface area contributed by atoms with Crippen LogP contribution in [0.5, 0.6) is 11.5 Å². The van der Waals surface area contributed by atoms with Crippen molar-refractivity contribution in [2.75, 3.05) is 14.2 Å². The first-order chi connectivity index (χ1) is 18.6. The second-order valence-electron chi connectivity index (χ2n) is 8.22. The number of alkyl halides is 3. The van der Waals surface area contributed by atoms with Gasteiger partial charge in [-0.15, -0.1) is 0 Å². The number of halogens is 3. The number of carbonyl (C=O) groups is 1. The summed E-state index contributed by atoms with van der Waals surface area (Å²) in [7, 11) is 2.80. The van der Waals surface area contributed by atoms with Gasteiger partial charge in [0.1, 0.15) is 0 Å². The number of methoxy groups -OCH3 is 2. The molecule has 2 aromatic carbocycles. The highest BCUT2D eigenvalue weighted by molar-refractivity contribution is 5.91. The highest BCUT2D eigenvalue weighted by Crippen LogP contribution is 2.30. The molecule has 2 heterocycles. The van der Waals surface area contributed by atoms with Crippen molar-refractivity contribution in [2.24, 2.45) is 0 Å². The maximum Gasteiger partial charge on any atom is 0.416 e. The van der Waals surface area contributed by atoms with Crippen molar-refractivity contribution in [2.45, 2.75) is 19.3 Å². The summed E-state index contributed by atoms with van der Waals surface area (Å²) in [5.74, 6) is -0.307. The van der Waals surface area contributed by atoms with Crippen molar-refractivity contribution >= 4 is 5.91 Å². The van der Waals surface area contributed by atoms with Gasteiger partial charge in [0.2, 0.25) is 5.69 Å². The molecule has 0 aliphatic carbocycles. The van der Waals surface area contributed by atoms with Gasteiger partial charge in [-0.05, 0) is 41.5 Å². The van der Waals surface area contributed by atoms with E-state index in [0.717, 1.165) is 16.8 Å². The molecule has 0 atom stereocenters. The summed E-state index contributed by atoms with van der Waals surface area (Å²) in [6.45, 7) is -0.531. The van der Waals surface area contributed by atoms with Crippen LogP contribution in [0.1, 0.15) is 27.2 Å². The Hall–Kier alpha value is -4.94. The molecule has 0 spiro atoms. The number of amides is 1. The zero-order chi connectivity index (χ0) is 28.2. The standard InChI is InChI=1S/C26H22F3N5O5/c1-38-20-9-8-19(12-21(20)39-2)34-25(37)33(15-16-5-3-7-18(11-16)26(27,28)29)24(36)22(32-34)23(35)31-14-17-6-4-10-30-13-17/h3-13H,14-15H2,1-2H3,(H,31,35). The SMILES string of the molecule is COc1ccc(-n2nc(C(=O)NCc3cccnc3)c(=O)n(Cc3cccc(C(F)(F)F)c3)c2=O)cc1OC. The molecule has 2 aromatic heterocycles. The lowest BCUT2D eigenvalue weighted by Gasteiger charge is -2.14. The molecule has 4 rings (SSSR count). The second kappa shape index (κ2) is 11.2. The van der Waals surface area contributed by atoms with Crippen LogP contribution in [0, 0.1) is 0 Å². The second-order valence-corrected chi connectivity index (χ2v) is 8.22. The molecule has 1 N–H and O–H groups in total. The third kappa shape index (κ3) is 5.98. The number of hydrogen-bond donors (Lipinski definition) is 1. The topological polar surface area (TPSA) is 117 Å². The number of aromatic nitrogens is 4. The van der Waals surface area contributed by atoms with Crippen LogP contribution in [0.3, 0.4) is 0 Å². The first kappa shape index (κ1) is 27.1. The Labute approximate surface area is 219 Å². The van der Waals surface area contributed by atoms with Crippen molar-refractivity contribution in [1.82, 2.24) is 24.6 Å². The summed E-state index contributed by atoms with van der Waals surface area (Å²) in [5.41, 5.74) is -2.85. The maximum atomic E-state index is 13.4. The van der Waals surface area contributed by atoms with Gasteiger partial charge in [0.25, 0.3) is 11.5 Å². The molecule has 202 valence electrons. The molecule has 39 heavy (non-hydrogen) atoms. The summed E-state index contributed by atoms with van der Waals surface area (Å²) < 4.78 is 51.7. The van der Waals surface area contributed by atoms with Crippen LogP contribution in [0.25, 0.3) is 5.69 Å².